The molecule has 6 rings (SSSR count). The molecule has 0 amide bonds. The summed E-state index contributed by atoms with van der Waals surface area (Å²) in [6.45, 7) is 12.0. The predicted octanol–water partition coefficient (Wildman–Crippen LogP) is 8.47. The monoisotopic (exact) mass is 683 g/mol. The zero-order chi connectivity index (χ0) is 26.5. The molecule has 1 N–H and O–H groups in total. The van der Waals surface area contributed by atoms with E-state index in [2.05, 4.69) is 76.2 Å². The molecule has 1 aliphatic carbocycles. The summed E-state index contributed by atoms with van der Waals surface area (Å²) in [5.74, 6) is 0.505. The number of aliphatic hydroxyl groups is 1. The third-order valence-electron chi connectivity index (χ3n) is 7.04. The molecule has 0 unspecified atom stereocenters. The summed E-state index contributed by atoms with van der Waals surface area (Å²) in [5, 5.41) is 13.2. The van der Waals surface area contributed by atoms with E-state index >= 15 is 0 Å². The van der Waals surface area contributed by atoms with Crippen molar-refractivity contribution in [3.05, 3.63) is 89.3 Å². The summed E-state index contributed by atoms with van der Waals surface area (Å²) in [6, 6.07) is 20.9. The van der Waals surface area contributed by atoms with Crippen LogP contribution in [0.5, 0.6) is 0 Å². The molecule has 5 heteroatoms. The second kappa shape index (κ2) is 10.5. The number of hydrogen-bond acceptors (Lipinski definition) is 4. The van der Waals surface area contributed by atoms with Crippen LogP contribution in [0.3, 0.4) is 0 Å². The van der Waals surface area contributed by atoms with Gasteiger partial charge in [-0.2, -0.15) is 0 Å². The van der Waals surface area contributed by atoms with Gasteiger partial charge in [0.1, 0.15) is 11.2 Å². The minimum atomic E-state index is -0.210. The molecule has 2 aromatic heterocycles. The van der Waals surface area contributed by atoms with Crippen molar-refractivity contribution in [3.8, 4) is 11.3 Å². The van der Waals surface area contributed by atoms with Gasteiger partial charge in [0.25, 0.3) is 0 Å². The van der Waals surface area contributed by atoms with E-state index in [0.717, 1.165) is 34.2 Å². The molecule has 0 saturated carbocycles. The summed E-state index contributed by atoms with van der Waals surface area (Å²) in [6.07, 6.45) is 4.04. The van der Waals surface area contributed by atoms with Gasteiger partial charge in [0.2, 0.25) is 0 Å². The summed E-state index contributed by atoms with van der Waals surface area (Å²) in [7, 11) is 0. The molecule has 0 aliphatic heterocycles. The first-order valence-electron chi connectivity index (χ1n) is 12.7. The Balaban J connectivity index is 0.000000375. The minimum absolute atomic E-state index is 0. The van der Waals surface area contributed by atoms with E-state index in [1.807, 2.05) is 12.3 Å². The van der Waals surface area contributed by atoms with Crippen molar-refractivity contribution in [2.45, 2.75) is 53.4 Å². The molecule has 1 aliphatic rings. The van der Waals surface area contributed by atoms with Crippen LogP contribution in [-0.2, 0) is 36.7 Å². The summed E-state index contributed by atoms with van der Waals surface area (Å²) >= 11 is 0. The fourth-order valence-corrected chi connectivity index (χ4v) is 5.65. The molecule has 0 fully saturated rings. The summed E-state index contributed by atoms with van der Waals surface area (Å²) < 4.78 is 6.48. The average molecular weight is 683 g/mol. The van der Waals surface area contributed by atoms with Gasteiger partial charge in [0.05, 0.1) is 5.76 Å². The molecule has 2 heterocycles. The van der Waals surface area contributed by atoms with Crippen molar-refractivity contribution < 1.29 is 34.4 Å². The Morgan fingerprint density at radius 3 is 2.50 bits per heavy atom. The quantitative estimate of drug-likeness (QED) is 0.118. The van der Waals surface area contributed by atoms with Crippen molar-refractivity contribution in [2.24, 2.45) is 5.92 Å². The molecular weight excluding hydrogens is 651 g/mol. The number of pyridine rings is 1. The Labute approximate surface area is 237 Å². The molecule has 4 nitrogen and oxygen atoms in total. The van der Waals surface area contributed by atoms with Crippen LogP contribution >= 0.6 is 0 Å². The van der Waals surface area contributed by atoms with Crippen molar-refractivity contribution in [1.82, 2.24) is 4.98 Å². The molecule has 0 saturated heterocycles. The molecule has 0 spiro atoms. The second-order valence-corrected chi connectivity index (χ2v) is 10.9. The van der Waals surface area contributed by atoms with E-state index in [1.165, 1.54) is 52.8 Å². The number of fused-ring (bicyclic) bond motifs is 4. The van der Waals surface area contributed by atoms with E-state index < -0.39 is 0 Å². The van der Waals surface area contributed by atoms with Gasteiger partial charge in [-0.15, -0.1) is 23.3 Å². The number of aliphatic hydroxyl groups excluding tert-OH is 1. The number of hydrogen-bond donors (Lipinski definition) is 1. The number of carbonyl (C=O) groups is 1. The number of nitrogens with zero attached hydrogens (tertiary/aromatic N) is 1. The van der Waals surface area contributed by atoms with E-state index in [4.69, 9.17) is 14.5 Å². The number of rotatable bonds is 3. The third kappa shape index (κ3) is 4.70. The van der Waals surface area contributed by atoms with Crippen molar-refractivity contribution >= 4 is 38.5 Å². The number of allylic oxidation sites excluding steroid dienone is 2. The summed E-state index contributed by atoms with van der Waals surface area (Å²) in [5.41, 5.74) is 7.69. The molecule has 3 aromatic carbocycles. The maximum Gasteiger partial charge on any atom is 0.155 e. The first-order valence-corrected chi connectivity index (χ1v) is 12.7. The Morgan fingerprint density at radius 2 is 1.84 bits per heavy atom. The fourth-order valence-electron chi connectivity index (χ4n) is 5.65. The van der Waals surface area contributed by atoms with Crippen LogP contribution in [0.2, 0.25) is 0 Å². The van der Waals surface area contributed by atoms with E-state index in [1.54, 1.807) is 0 Å². The van der Waals surface area contributed by atoms with E-state index in [-0.39, 0.29) is 37.1 Å². The Hall–Kier alpha value is -3.27. The second-order valence-electron chi connectivity index (χ2n) is 10.9. The van der Waals surface area contributed by atoms with Crippen molar-refractivity contribution in [1.29, 1.82) is 0 Å². The summed E-state index contributed by atoms with van der Waals surface area (Å²) in [4.78, 5) is 14.9. The maximum absolute atomic E-state index is 10.0. The van der Waals surface area contributed by atoms with E-state index in [9.17, 15) is 4.79 Å². The largest absolute Gasteiger partial charge is 0.512 e. The van der Waals surface area contributed by atoms with Gasteiger partial charge in [-0.25, -0.2) is 0 Å². The average Bonchev–Trinajstić information content (AvgIpc) is 3.19. The van der Waals surface area contributed by atoms with Gasteiger partial charge < -0.3 is 14.5 Å². The molecular formula is C33H32IrNO3-. The first kappa shape index (κ1) is 27.8. The van der Waals surface area contributed by atoms with Crippen molar-refractivity contribution in [3.63, 3.8) is 0 Å². The SMILES string of the molecule is CC(=O)/C=C(/C)O.CC(C)Cc1ccc2c3c1oc1ccnc(c13)-c1[c-]cc3ccccc3c1C2(C)C.[Ir]. The number of furan rings is 1. The van der Waals surface area contributed by atoms with Crippen LogP contribution in [0.4, 0.5) is 0 Å². The van der Waals surface area contributed by atoms with Gasteiger partial charge in [0.15, 0.2) is 5.78 Å². The minimum Gasteiger partial charge on any atom is -0.512 e. The first-order chi connectivity index (χ1) is 17.6. The Morgan fingerprint density at radius 1 is 1.11 bits per heavy atom. The fraction of sp³-hybridized carbons (Fsp3) is 0.273. The molecule has 0 bridgehead atoms. The number of aromatic nitrogens is 1. The molecule has 0 atom stereocenters. The van der Waals surface area contributed by atoms with Crippen LogP contribution in [0.1, 0.15) is 58.2 Å². The van der Waals surface area contributed by atoms with Gasteiger partial charge in [-0.1, -0.05) is 74.9 Å². The van der Waals surface area contributed by atoms with Crippen LogP contribution in [0.15, 0.2) is 71.0 Å². The Kier molecular flexibility index (Phi) is 7.65. The molecule has 197 valence electrons. The smallest absolute Gasteiger partial charge is 0.155 e. The number of benzene rings is 3. The molecule has 38 heavy (non-hydrogen) atoms. The zero-order valence-corrected chi connectivity index (χ0v) is 25.0. The number of ketones is 1. The predicted molar refractivity (Wildman–Crippen MR) is 151 cm³/mol. The molecule has 1 radical (unpaired) electrons. The third-order valence-corrected chi connectivity index (χ3v) is 7.04. The topological polar surface area (TPSA) is 63.3 Å². The zero-order valence-electron chi connectivity index (χ0n) is 22.6. The Bertz CT molecular complexity index is 1700. The van der Waals surface area contributed by atoms with Crippen LogP contribution < -0.4 is 0 Å². The van der Waals surface area contributed by atoms with Gasteiger partial charge in [-0.3, -0.25) is 4.79 Å². The van der Waals surface area contributed by atoms with Gasteiger partial charge >= 0.3 is 0 Å². The van der Waals surface area contributed by atoms with Crippen LogP contribution in [0, 0.1) is 12.0 Å². The number of carbonyl (C=O) groups excluding carboxylic acids is 1. The van der Waals surface area contributed by atoms with Crippen molar-refractivity contribution in [2.75, 3.05) is 0 Å². The maximum atomic E-state index is 10.0. The van der Waals surface area contributed by atoms with E-state index in [0.29, 0.717) is 5.92 Å². The standard InChI is InChI=1S/C28H24NO.C5H8O2.Ir/c1-16(2)15-18-10-12-21-23-24-22(30-27(18)23)13-14-29-26(24)20-11-9-17-7-5-6-8-19(17)25(20)28(21,3)4;1-4(6)3-5(2)7;/h5-10,12-14,16H,15H2,1-4H3;3,6H,1-2H3;/q-1;;/b;4-3-;. The molecule has 5 aromatic rings. The normalized spacial score (nSPS) is 13.7. The van der Waals surface area contributed by atoms with Crippen LogP contribution in [-0.4, -0.2) is 15.9 Å². The van der Waals surface area contributed by atoms with Crippen LogP contribution in [0.25, 0.3) is 44.0 Å². The van der Waals surface area contributed by atoms with Gasteiger partial charge in [0, 0.05) is 43.2 Å². The van der Waals surface area contributed by atoms with Gasteiger partial charge in [-0.05, 0) is 54.5 Å².